The van der Waals surface area contributed by atoms with E-state index >= 15 is 0 Å². The fourth-order valence-electron chi connectivity index (χ4n) is 4.17. The van der Waals surface area contributed by atoms with Gasteiger partial charge in [0.15, 0.2) is 11.5 Å². The van der Waals surface area contributed by atoms with E-state index in [4.69, 9.17) is 0 Å². The van der Waals surface area contributed by atoms with E-state index in [-0.39, 0.29) is 11.5 Å². The van der Waals surface area contributed by atoms with Crippen molar-refractivity contribution in [3.05, 3.63) is 23.3 Å². The molecule has 1 aliphatic rings. The first-order chi connectivity index (χ1) is 13.2. The Hall–Kier alpha value is -1.18. The molecule has 160 valence electrons. The van der Waals surface area contributed by atoms with Crippen molar-refractivity contribution in [2.75, 3.05) is 0 Å². The molecule has 1 aliphatic carbocycles. The summed E-state index contributed by atoms with van der Waals surface area (Å²) in [6.45, 7) is 9.34. The molecule has 0 saturated heterocycles. The van der Waals surface area contributed by atoms with Crippen LogP contribution in [-0.2, 0) is 12.8 Å². The SMILES string of the molecule is CC(C)(C)CCCCCCc1ccc(O)c(O)c1CCCCCCC1(C)CC1. The Kier molecular flexibility index (Phi) is 8.71. The van der Waals surface area contributed by atoms with Crippen molar-refractivity contribution in [2.45, 2.75) is 118 Å². The number of hydrogen-bond acceptors (Lipinski definition) is 2. The molecule has 2 rings (SSSR count). The van der Waals surface area contributed by atoms with Gasteiger partial charge in [-0.15, -0.1) is 0 Å². The summed E-state index contributed by atoms with van der Waals surface area (Å²) in [6, 6.07) is 3.68. The third-order valence-corrected chi connectivity index (χ3v) is 6.54. The van der Waals surface area contributed by atoms with Crippen molar-refractivity contribution in [3.8, 4) is 11.5 Å². The number of unbranched alkanes of at least 4 members (excludes halogenated alkanes) is 6. The van der Waals surface area contributed by atoms with Gasteiger partial charge in [0, 0.05) is 5.56 Å². The Balaban J connectivity index is 1.71. The Morgan fingerprint density at radius 3 is 2.07 bits per heavy atom. The van der Waals surface area contributed by atoms with E-state index < -0.39 is 0 Å². The summed E-state index contributed by atoms with van der Waals surface area (Å²) >= 11 is 0. The minimum atomic E-state index is 0.0329. The molecule has 2 nitrogen and oxygen atoms in total. The molecule has 0 atom stereocenters. The molecule has 0 amide bonds. The highest BCUT2D eigenvalue weighted by Crippen LogP contribution is 2.49. The number of phenolic OH excluding ortho intramolecular Hbond substituents is 2. The summed E-state index contributed by atoms with van der Waals surface area (Å²) in [5.41, 5.74) is 3.33. The Morgan fingerprint density at radius 2 is 1.43 bits per heavy atom. The zero-order valence-corrected chi connectivity index (χ0v) is 18.9. The molecule has 0 radical (unpaired) electrons. The van der Waals surface area contributed by atoms with Crippen molar-refractivity contribution in [1.29, 1.82) is 0 Å². The lowest BCUT2D eigenvalue weighted by molar-refractivity contribution is 0.357. The Labute approximate surface area is 173 Å². The van der Waals surface area contributed by atoms with E-state index in [0.29, 0.717) is 10.8 Å². The molecule has 0 spiro atoms. The van der Waals surface area contributed by atoms with E-state index in [2.05, 4.69) is 27.7 Å². The quantitative estimate of drug-likeness (QED) is 0.266. The predicted octanol–water partition coefficient (Wildman–Crippen LogP) is 7.93. The third kappa shape index (κ3) is 8.45. The summed E-state index contributed by atoms with van der Waals surface area (Å²) in [7, 11) is 0. The lowest BCUT2D eigenvalue weighted by Gasteiger charge is -2.17. The molecule has 0 heterocycles. The van der Waals surface area contributed by atoms with Gasteiger partial charge < -0.3 is 10.2 Å². The van der Waals surface area contributed by atoms with Crippen molar-refractivity contribution in [2.24, 2.45) is 10.8 Å². The van der Waals surface area contributed by atoms with E-state index in [1.54, 1.807) is 6.07 Å². The van der Waals surface area contributed by atoms with Crippen molar-refractivity contribution >= 4 is 0 Å². The molecule has 0 bridgehead atoms. The predicted molar refractivity (Wildman–Crippen MR) is 120 cm³/mol. The Morgan fingerprint density at radius 1 is 0.821 bits per heavy atom. The van der Waals surface area contributed by atoms with Crippen molar-refractivity contribution < 1.29 is 10.2 Å². The minimum absolute atomic E-state index is 0.0329. The average Bonchev–Trinajstić information content (AvgIpc) is 3.35. The van der Waals surface area contributed by atoms with Crippen LogP contribution in [0.5, 0.6) is 11.5 Å². The molecular weight excluding hydrogens is 344 g/mol. The summed E-state index contributed by atoms with van der Waals surface area (Å²) in [4.78, 5) is 0. The second-order valence-electron chi connectivity index (χ2n) is 10.8. The summed E-state index contributed by atoms with van der Waals surface area (Å²) < 4.78 is 0. The smallest absolute Gasteiger partial charge is 0.160 e. The number of hydrogen-bond donors (Lipinski definition) is 2. The third-order valence-electron chi connectivity index (χ3n) is 6.54. The molecule has 2 heteroatoms. The lowest BCUT2D eigenvalue weighted by Crippen LogP contribution is -2.04. The van der Waals surface area contributed by atoms with Gasteiger partial charge in [0.2, 0.25) is 0 Å². The van der Waals surface area contributed by atoms with E-state index in [1.807, 2.05) is 6.07 Å². The van der Waals surface area contributed by atoms with E-state index in [1.165, 1.54) is 76.2 Å². The molecule has 0 aliphatic heterocycles. The van der Waals surface area contributed by atoms with Gasteiger partial charge in [-0.1, -0.05) is 72.3 Å². The van der Waals surface area contributed by atoms with E-state index in [0.717, 1.165) is 24.8 Å². The highest BCUT2D eigenvalue weighted by atomic mass is 16.3. The second kappa shape index (κ2) is 10.6. The largest absolute Gasteiger partial charge is 0.504 e. The van der Waals surface area contributed by atoms with Gasteiger partial charge in [-0.2, -0.15) is 0 Å². The zero-order chi connectivity index (χ0) is 20.6. The Bertz CT molecular complexity index is 593. The molecule has 1 aromatic rings. The number of aromatic hydroxyl groups is 2. The molecular formula is C26H44O2. The van der Waals surface area contributed by atoms with Crippen molar-refractivity contribution in [1.82, 2.24) is 0 Å². The molecule has 28 heavy (non-hydrogen) atoms. The highest BCUT2D eigenvalue weighted by Gasteiger charge is 2.35. The van der Waals surface area contributed by atoms with Gasteiger partial charge in [-0.25, -0.2) is 0 Å². The fraction of sp³-hybridized carbons (Fsp3) is 0.769. The van der Waals surface area contributed by atoms with Gasteiger partial charge in [-0.3, -0.25) is 0 Å². The van der Waals surface area contributed by atoms with Crippen LogP contribution in [0.2, 0.25) is 0 Å². The number of benzene rings is 1. The van der Waals surface area contributed by atoms with Gasteiger partial charge in [0.05, 0.1) is 0 Å². The van der Waals surface area contributed by atoms with Gasteiger partial charge in [0.25, 0.3) is 0 Å². The van der Waals surface area contributed by atoms with E-state index in [9.17, 15) is 10.2 Å². The van der Waals surface area contributed by atoms with Gasteiger partial charge >= 0.3 is 0 Å². The summed E-state index contributed by atoms with van der Waals surface area (Å²) in [5, 5.41) is 20.3. The van der Waals surface area contributed by atoms with Crippen LogP contribution in [0.25, 0.3) is 0 Å². The fourth-order valence-corrected chi connectivity index (χ4v) is 4.17. The minimum Gasteiger partial charge on any atom is -0.504 e. The van der Waals surface area contributed by atoms with Crippen LogP contribution in [0.3, 0.4) is 0 Å². The van der Waals surface area contributed by atoms with Crippen LogP contribution in [-0.4, -0.2) is 10.2 Å². The topological polar surface area (TPSA) is 40.5 Å². The van der Waals surface area contributed by atoms with Crippen LogP contribution >= 0.6 is 0 Å². The number of rotatable bonds is 13. The maximum absolute atomic E-state index is 10.4. The number of aryl methyl sites for hydroxylation is 1. The van der Waals surface area contributed by atoms with Crippen molar-refractivity contribution in [3.63, 3.8) is 0 Å². The first kappa shape index (κ1) is 23.1. The molecule has 1 saturated carbocycles. The standard InChI is InChI=1S/C26H44O2/c1-25(2,3)17-11-7-5-9-13-21-15-16-23(27)24(28)22(21)14-10-6-8-12-18-26(4)19-20-26/h15-16,27-28H,5-14,17-20H2,1-4H3. The highest BCUT2D eigenvalue weighted by molar-refractivity contribution is 5.49. The first-order valence-corrected chi connectivity index (χ1v) is 11.7. The van der Waals surface area contributed by atoms with Gasteiger partial charge in [-0.05, 0) is 73.8 Å². The molecule has 0 aromatic heterocycles. The van der Waals surface area contributed by atoms with Crippen LogP contribution in [0.15, 0.2) is 12.1 Å². The normalized spacial score (nSPS) is 15.7. The van der Waals surface area contributed by atoms with Crippen LogP contribution < -0.4 is 0 Å². The first-order valence-electron chi connectivity index (χ1n) is 11.7. The summed E-state index contributed by atoms with van der Waals surface area (Å²) in [6.07, 6.45) is 17.4. The average molecular weight is 389 g/mol. The molecule has 2 N–H and O–H groups in total. The van der Waals surface area contributed by atoms with Crippen LogP contribution in [0, 0.1) is 10.8 Å². The molecule has 1 aromatic carbocycles. The molecule has 0 unspecified atom stereocenters. The maximum atomic E-state index is 10.4. The second-order valence-corrected chi connectivity index (χ2v) is 10.8. The van der Waals surface area contributed by atoms with Crippen LogP contribution in [0.1, 0.15) is 116 Å². The molecule has 1 fully saturated rings. The van der Waals surface area contributed by atoms with Gasteiger partial charge in [0.1, 0.15) is 0 Å². The number of phenols is 2. The zero-order valence-electron chi connectivity index (χ0n) is 18.9. The van der Waals surface area contributed by atoms with Crippen LogP contribution in [0.4, 0.5) is 0 Å². The maximum Gasteiger partial charge on any atom is 0.160 e. The monoisotopic (exact) mass is 388 g/mol. The lowest BCUT2D eigenvalue weighted by atomic mass is 9.89. The summed E-state index contributed by atoms with van der Waals surface area (Å²) in [5.74, 6) is 0.154.